The zero-order chi connectivity index (χ0) is 13.9. The summed E-state index contributed by atoms with van der Waals surface area (Å²) in [7, 11) is 1.12. The van der Waals surface area contributed by atoms with Crippen molar-refractivity contribution in [2.75, 3.05) is 7.11 Å². The Bertz CT molecular complexity index is 489. The lowest BCUT2D eigenvalue weighted by molar-refractivity contribution is -0.165. The predicted molar refractivity (Wildman–Crippen MR) is 65.6 cm³/mol. The molecule has 0 amide bonds. The van der Waals surface area contributed by atoms with E-state index in [2.05, 4.69) is 20.7 Å². The fraction of sp³-hybridized carbons (Fsp3) is 0.333. The maximum Gasteiger partial charge on any atom is 0.323 e. The monoisotopic (exact) mass is 318 g/mol. The lowest BCUT2D eigenvalue weighted by Gasteiger charge is -2.22. The second kappa shape index (κ2) is 5.48. The first-order chi connectivity index (χ1) is 8.31. The maximum absolute atomic E-state index is 13.1. The molecule has 0 aliphatic carbocycles. The van der Waals surface area contributed by atoms with Crippen LogP contribution in [0.1, 0.15) is 12.5 Å². The van der Waals surface area contributed by atoms with Gasteiger partial charge in [0.25, 0.3) is 0 Å². The number of rotatable bonds is 4. The first kappa shape index (κ1) is 14.6. The minimum Gasteiger partial charge on any atom is -0.480 e. The Hall–Kier alpha value is -1.43. The fourth-order valence-corrected chi connectivity index (χ4v) is 1.91. The van der Waals surface area contributed by atoms with Gasteiger partial charge in [0.2, 0.25) is 0 Å². The van der Waals surface area contributed by atoms with Crippen LogP contribution >= 0.6 is 15.9 Å². The molecule has 1 N–H and O–H groups in total. The average Bonchev–Trinajstić information content (AvgIpc) is 2.32. The highest BCUT2D eigenvalue weighted by molar-refractivity contribution is 9.10. The molecule has 0 aliphatic heterocycles. The largest absolute Gasteiger partial charge is 0.480 e. The highest BCUT2D eigenvalue weighted by Crippen LogP contribution is 2.29. The van der Waals surface area contributed by atoms with E-state index in [1.807, 2.05) is 0 Å². The van der Waals surface area contributed by atoms with E-state index in [0.717, 1.165) is 7.11 Å². The van der Waals surface area contributed by atoms with Gasteiger partial charge in [-0.1, -0.05) is 15.9 Å². The number of carboxylic acid groups (broad SMARTS) is 1. The third-order valence-corrected chi connectivity index (χ3v) is 3.43. The van der Waals surface area contributed by atoms with E-state index in [1.165, 1.54) is 25.1 Å². The highest BCUT2D eigenvalue weighted by Gasteiger charge is 2.43. The molecule has 0 radical (unpaired) electrons. The molecule has 1 aromatic carbocycles. The van der Waals surface area contributed by atoms with Crippen molar-refractivity contribution in [2.45, 2.75) is 13.3 Å². The van der Waals surface area contributed by atoms with Crippen molar-refractivity contribution >= 4 is 27.9 Å². The number of esters is 1. The van der Waals surface area contributed by atoms with Crippen LogP contribution in [0.3, 0.4) is 0 Å². The van der Waals surface area contributed by atoms with Gasteiger partial charge in [0.15, 0.2) is 5.41 Å². The molecule has 1 unspecified atom stereocenters. The van der Waals surface area contributed by atoms with E-state index in [1.54, 1.807) is 0 Å². The number of hydrogen-bond donors (Lipinski definition) is 1. The topological polar surface area (TPSA) is 63.6 Å². The number of ether oxygens (including phenoxy) is 1. The van der Waals surface area contributed by atoms with Crippen molar-refractivity contribution in [3.05, 3.63) is 34.1 Å². The molecular weight excluding hydrogens is 307 g/mol. The molecule has 1 atom stereocenters. The van der Waals surface area contributed by atoms with E-state index in [9.17, 15) is 14.0 Å². The second-order valence-electron chi connectivity index (χ2n) is 4.04. The molecule has 18 heavy (non-hydrogen) atoms. The van der Waals surface area contributed by atoms with Gasteiger partial charge in [-0.05, 0) is 30.7 Å². The molecule has 0 heterocycles. The van der Waals surface area contributed by atoms with Crippen molar-refractivity contribution in [2.24, 2.45) is 5.41 Å². The number of carboxylic acids is 1. The molecule has 4 nitrogen and oxygen atoms in total. The van der Waals surface area contributed by atoms with Crippen LogP contribution < -0.4 is 0 Å². The van der Waals surface area contributed by atoms with Crippen molar-refractivity contribution in [3.63, 3.8) is 0 Å². The van der Waals surface area contributed by atoms with Gasteiger partial charge in [0.1, 0.15) is 5.82 Å². The number of aliphatic carboxylic acids is 1. The maximum atomic E-state index is 13.1. The Morgan fingerprint density at radius 1 is 1.50 bits per heavy atom. The Labute approximate surface area is 112 Å². The third-order valence-electron chi connectivity index (χ3n) is 2.66. The number of methoxy groups -OCH3 is 1. The lowest BCUT2D eigenvalue weighted by atomic mass is 9.83. The van der Waals surface area contributed by atoms with Crippen LogP contribution in [0.4, 0.5) is 4.39 Å². The lowest BCUT2D eigenvalue weighted by Crippen LogP contribution is -2.39. The first-order valence-electron chi connectivity index (χ1n) is 5.07. The van der Waals surface area contributed by atoms with Crippen LogP contribution in [0.5, 0.6) is 0 Å². The second-order valence-corrected chi connectivity index (χ2v) is 4.90. The molecule has 0 aromatic heterocycles. The summed E-state index contributed by atoms with van der Waals surface area (Å²) in [6.45, 7) is 1.25. The SMILES string of the molecule is COC(=O)C(C)(Cc1cc(F)ccc1Br)C(=O)O. The van der Waals surface area contributed by atoms with E-state index < -0.39 is 23.2 Å². The van der Waals surface area contributed by atoms with Gasteiger partial charge in [0, 0.05) is 10.9 Å². The predicted octanol–water partition coefficient (Wildman–Crippen LogP) is 2.39. The molecule has 0 saturated carbocycles. The van der Waals surface area contributed by atoms with Gasteiger partial charge in [-0.2, -0.15) is 0 Å². The van der Waals surface area contributed by atoms with Crippen LogP contribution in [0.25, 0.3) is 0 Å². The molecule has 1 rings (SSSR count). The standard InChI is InChI=1S/C12H12BrFO4/c1-12(10(15)16,11(17)18-2)6-7-5-8(14)3-4-9(7)13/h3-5H,6H2,1-2H3,(H,15,16). The van der Waals surface area contributed by atoms with Crippen LogP contribution in [0, 0.1) is 11.2 Å². The quantitative estimate of drug-likeness (QED) is 0.684. The summed E-state index contributed by atoms with van der Waals surface area (Å²) in [5, 5.41) is 9.15. The normalized spacial score (nSPS) is 13.8. The molecule has 0 aliphatic rings. The van der Waals surface area contributed by atoms with Crippen LogP contribution in [-0.2, 0) is 20.7 Å². The Kier molecular flexibility index (Phi) is 4.45. The molecule has 0 saturated heterocycles. The fourth-order valence-electron chi connectivity index (χ4n) is 1.52. The van der Waals surface area contributed by atoms with Gasteiger partial charge in [-0.25, -0.2) is 4.39 Å². The summed E-state index contributed by atoms with van der Waals surface area (Å²) in [5.41, 5.74) is -1.35. The highest BCUT2D eigenvalue weighted by atomic mass is 79.9. The summed E-state index contributed by atoms with van der Waals surface area (Å²) < 4.78 is 18.2. The molecule has 0 spiro atoms. The molecule has 98 valence electrons. The zero-order valence-corrected chi connectivity index (χ0v) is 11.5. The van der Waals surface area contributed by atoms with Gasteiger partial charge >= 0.3 is 11.9 Å². The van der Waals surface area contributed by atoms with Crippen LogP contribution in [-0.4, -0.2) is 24.2 Å². The smallest absolute Gasteiger partial charge is 0.323 e. The Balaban J connectivity index is 3.15. The summed E-state index contributed by atoms with van der Waals surface area (Å²) in [5.74, 6) is -2.68. The van der Waals surface area contributed by atoms with E-state index in [-0.39, 0.29) is 6.42 Å². The number of hydrogen-bond acceptors (Lipinski definition) is 3. The van der Waals surface area contributed by atoms with E-state index in [0.29, 0.717) is 10.0 Å². The third kappa shape index (κ3) is 2.87. The molecule has 1 aromatic rings. The van der Waals surface area contributed by atoms with Gasteiger partial charge in [0.05, 0.1) is 7.11 Å². The van der Waals surface area contributed by atoms with E-state index in [4.69, 9.17) is 5.11 Å². The zero-order valence-electron chi connectivity index (χ0n) is 9.87. The van der Waals surface area contributed by atoms with Crippen LogP contribution in [0.15, 0.2) is 22.7 Å². The Morgan fingerprint density at radius 3 is 2.61 bits per heavy atom. The number of carbonyl (C=O) groups is 2. The molecule has 6 heteroatoms. The first-order valence-corrected chi connectivity index (χ1v) is 5.86. The molecule has 0 fully saturated rings. The van der Waals surface area contributed by atoms with Crippen molar-refractivity contribution in [1.82, 2.24) is 0 Å². The van der Waals surface area contributed by atoms with Gasteiger partial charge in [-0.15, -0.1) is 0 Å². The summed E-state index contributed by atoms with van der Waals surface area (Å²) in [4.78, 5) is 22.8. The van der Waals surface area contributed by atoms with Gasteiger partial charge in [-0.3, -0.25) is 9.59 Å². The summed E-state index contributed by atoms with van der Waals surface area (Å²) in [6, 6.07) is 3.89. The summed E-state index contributed by atoms with van der Waals surface area (Å²) >= 11 is 3.19. The van der Waals surface area contributed by atoms with E-state index >= 15 is 0 Å². The summed E-state index contributed by atoms with van der Waals surface area (Å²) in [6.07, 6.45) is -0.159. The average molecular weight is 319 g/mol. The van der Waals surface area contributed by atoms with Gasteiger partial charge < -0.3 is 9.84 Å². The number of halogens is 2. The van der Waals surface area contributed by atoms with Crippen molar-refractivity contribution in [1.29, 1.82) is 0 Å². The minimum absolute atomic E-state index is 0.159. The number of benzene rings is 1. The molecule has 0 bridgehead atoms. The van der Waals surface area contributed by atoms with Crippen LogP contribution in [0.2, 0.25) is 0 Å². The minimum atomic E-state index is -1.74. The van der Waals surface area contributed by atoms with Crippen molar-refractivity contribution < 1.29 is 23.8 Å². The number of carbonyl (C=O) groups excluding carboxylic acids is 1. The molecular formula is C12H12BrFO4. The van der Waals surface area contributed by atoms with Crippen molar-refractivity contribution in [3.8, 4) is 0 Å². The Morgan fingerprint density at radius 2 is 2.11 bits per heavy atom.